The van der Waals surface area contributed by atoms with Gasteiger partial charge in [0.2, 0.25) is 20.2 Å². The van der Waals surface area contributed by atoms with Crippen molar-refractivity contribution in [2.45, 2.75) is 56.7 Å². The number of carbonyl (C=O) groups is 3. The van der Waals surface area contributed by atoms with Crippen LogP contribution in [0.3, 0.4) is 0 Å². The number of fused-ring (bicyclic) bond motifs is 3. The minimum Gasteiger partial charge on any atom is -0.395 e. The lowest BCUT2D eigenvalue weighted by molar-refractivity contribution is -0.148. The van der Waals surface area contributed by atoms with E-state index in [0.717, 1.165) is 22.0 Å². The summed E-state index contributed by atoms with van der Waals surface area (Å²) in [6.45, 7) is 5.17. The lowest BCUT2D eigenvalue weighted by Crippen LogP contribution is -2.42. The highest BCUT2D eigenvalue weighted by Crippen LogP contribution is 2.59. The molecule has 0 bridgehead atoms. The van der Waals surface area contributed by atoms with E-state index in [9.17, 15) is 19.5 Å². The Morgan fingerprint density at radius 3 is 2.57 bits per heavy atom. The van der Waals surface area contributed by atoms with Crippen LogP contribution in [0.25, 0.3) is 10.9 Å². The topological polar surface area (TPSA) is 124 Å². The van der Waals surface area contributed by atoms with Crippen LogP contribution in [0.5, 0.6) is 0 Å². The van der Waals surface area contributed by atoms with E-state index in [1.807, 2.05) is 67.7 Å². The largest absolute Gasteiger partial charge is 0.395 e. The van der Waals surface area contributed by atoms with Gasteiger partial charge in [0.15, 0.2) is 5.60 Å². The molecule has 0 radical (unpaired) electrons. The Bertz CT molecular complexity index is 1770. The zero-order valence-corrected chi connectivity index (χ0v) is 27.2. The second kappa shape index (κ2) is 12.5. The van der Waals surface area contributed by atoms with Crippen molar-refractivity contribution in [3.8, 4) is 0 Å². The van der Waals surface area contributed by atoms with E-state index in [4.69, 9.17) is 4.74 Å². The Balaban J connectivity index is 1.26. The highest BCUT2D eigenvalue weighted by molar-refractivity contribution is 6.72. The number of amides is 3. The monoisotopic (exact) mass is 642 g/mol. The molecule has 6 rings (SSSR count). The maximum atomic E-state index is 16.1. The van der Waals surface area contributed by atoms with Crippen LogP contribution < -0.4 is 10.6 Å². The summed E-state index contributed by atoms with van der Waals surface area (Å²) < 4.78 is 22.7. The maximum absolute atomic E-state index is 16.1. The molecule has 4 aromatic rings. The molecule has 3 amide bonds. The Kier molecular flexibility index (Phi) is 8.58. The standard InChI is InChI=1S/C35H39FN4O5Si/c1-22-33(46(2,3)36)30(19-32(43)40(15-16-41)21-23-9-5-4-6-10-23)45-35(22)27-18-25(13-14-29(27)39-34(35)44)38-31(42)17-24-20-37-28-12-8-7-11-26(24)28/h4-14,18,20,22,30,33,37,41H,15-17,19,21H2,1-3H3,(H,38,42)(H,39,44)/t22-,30+,33-,35+/m1/s1. The number of aromatic amines is 1. The normalized spacial score (nSPS) is 22.2. The van der Waals surface area contributed by atoms with Gasteiger partial charge in [-0.15, -0.1) is 0 Å². The van der Waals surface area contributed by atoms with Crippen LogP contribution in [0, 0.1) is 5.92 Å². The molecule has 240 valence electrons. The first-order valence-corrected chi connectivity index (χ1v) is 18.6. The summed E-state index contributed by atoms with van der Waals surface area (Å²) in [6.07, 6.45) is 0.984. The summed E-state index contributed by atoms with van der Waals surface area (Å²) >= 11 is 0. The van der Waals surface area contributed by atoms with Gasteiger partial charge >= 0.3 is 0 Å². The Labute approximate surface area is 268 Å². The van der Waals surface area contributed by atoms with Crippen LogP contribution in [0.1, 0.15) is 30.0 Å². The third-order valence-electron chi connectivity index (χ3n) is 9.34. The van der Waals surface area contributed by atoms with E-state index >= 15 is 4.11 Å². The van der Waals surface area contributed by atoms with E-state index < -0.39 is 37.5 Å². The quantitative estimate of drug-likeness (QED) is 0.135. The Hall–Kier alpha value is -4.32. The van der Waals surface area contributed by atoms with Gasteiger partial charge in [-0.3, -0.25) is 14.4 Å². The fourth-order valence-corrected chi connectivity index (χ4v) is 9.81. The molecule has 1 spiro atoms. The molecule has 0 saturated carbocycles. The van der Waals surface area contributed by atoms with Crippen LogP contribution in [0.4, 0.5) is 15.5 Å². The number of para-hydroxylation sites is 1. The van der Waals surface area contributed by atoms with Crippen molar-refractivity contribution in [3.63, 3.8) is 0 Å². The predicted octanol–water partition coefficient (Wildman–Crippen LogP) is 5.49. The number of nitrogens with one attached hydrogen (secondary N) is 3. The number of ether oxygens (including phenoxy) is 1. The molecule has 1 fully saturated rings. The summed E-state index contributed by atoms with van der Waals surface area (Å²) in [7, 11) is -3.49. The molecule has 2 aliphatic heterocycles. The van der Waals surface area contributed by atoms with E-state index in [0.29, 0.717) is 23.5 Å². The molecule has 3 aromatic carbocycles. The molecule has 4 atom stereocenters. The van der Waals surface area contributed by atoms with Crippen molar-refractivity contribution in [2.24, 2.45) is 5.92 Å². The minimum absolute atomic E-state index is 0.118. The molecule has 9 nitrogen and oxygen atoms in total. The fraction of sp³-hybridized carbons (Fsp3) is 0.343. The van der Waals surface area contributed by atoms with E-state index in [-0.39, 0.29) is 37.8 Å². The average molecular weight is 643 g/mol. The molecule has 0 aliphatic carbocycles. The molecule has 3 heterocycles. The van der Waals surface area contributed by atoms with E-state index in [2.05, 4.69) is 15.6 Å². The zero-order valence-electron chi connectivity index (χ0n) is 26.2. The maximum Gasteiger partial charge on any atom is 0.261 e. The number of hydrogen-bond acceptors (Lipinski definition) is 5. The predicted molar refractivity (Wildman–Crippen MR) is 177 cm³/mol. The van der Waals surface area contributed by atoms with E-state index in [1.165, 1.54) is 0 Å². The van der Waals surface area contributed by atoms with Crippen LogP contribution in [-0.2, 0) is 37.7 Å². The van der Waals surface area contributed by atoms with Gasteiger partial charge in [-0.05, 0) is 48.5 Å². The van der Waals surface area contributed by atoms with Crippen LogP contribution >= 0.6 is 0 Å². The molecular weight excluding hydrogens is 603 g/mol. The van der Waals surface area contributed by atoms with Gasteiger partial charge in [0.25, 0.3) is 5.91 Å². The van der Waals surface area contributed by atoms with Gasteiger partial charge in [0.1, 0.15) is 0 Å². The number of benzene rings is 3. The average Bonchev–Trinajstić information content (AvgIpc) is 3.65. The SMILES string of the molecule is C[C@@H]1[C@@H]([Si](C)(C)F)[C@H](CC(=O)N(CCO)Cc2ccccc2)O[C@@]12C(=O)Nc1ccc(NC(=O)Cc3c[nH]c4ccccc34)cc12. The van der Waals surface area contributed by atoms with Gasteiger partial charge in [0, 0.05) is 58.6 Å². The lowest BCUT2D eigenvalue weighted by Gasteiger charge is -2.31. The number of nitrogens with zero attached hydrogens (tertiary/aromatic N) is 1. The number of carbonyl (C=O) groups excluding carboxylic acids is 3. The Morgan fingerprint density at radius 2 is 1.83 bits per heavy atom. The van der Waals surface area contributed by atoms with Crippen molar-refractivity contribution < 1.29 is 28.3 Å². The second-order valence-electron chi connectivity index (χ2n) is 12.8. The van der Waals surface area contributed by atoms with Crippen LogP contribution in [-0.4, -0.2) is 60.4 Å². The molecule has 1 aromatic heterocycles. The molecular formula is C35H39FN4O5Si. The van der Waals surface area contributed by atoms with Crippen LogP contribution in [0.15, 0.2) is 79.0 Å². The highest BCUT2D eigenvalue weighted by Gasteiger charge is 2.65. The number of halogens is 1. The van der Waals surface area contributed by atoms with Gasteiger partial charge in [0.05, 0.1) is 25.6 Å². The summed E-state index contributed by atoms with van der Waals surface area (Å²) in [5.74, 6) is -1.51. The van der Waals surface area contributed by atoms with Gasteiger partial charge in [-0.2, -0.15) is 0 Å². The summed E-state index contributed by atoms with van der Waals surface area (Å²) in [4.78, 5) is 45.3. The lowest BCUT2D eigenvalue weighted by atomic mass is 9.82. The van der Waals surface area contributed by atoms with E-state index in [1.54, 1.807) is 36.2 Å². The summed E-state index contributed by atoms with van der Waals surface area (Å²) in [5, 5.41) is 16.5. The number of aliphatic hydroxyl groups is 1. The number of hydrogen-bond donors (Lipinski definition) is 4. The smallest absolute Gasteiger partial charge is 0.261 e. The summed E-state index contributed by atoms with van der Waals surface area (Å²) in [6, 6.07) is 22.4. The Morgan fingerprint density at radius 1 is 1.09 bits per heavy atom. The molecule has 2 aliphatic rings. The highest BCUT2D eigenvalue weighted by atomic mass is 28.4. The first-order chi connectivity index (χ1) is 22.0. The summed E-state index contributed by atoms with van der Waals surface area (Å²) in [5.41, 5.74) is 2.06. The van der Waals surface area contributed by atoms with Crippen molar-refractivity contribution in [1.82, 2.24) is 9.88 Å². The number of rotatable bonds is 10. The minimum atomic E-state index is -3.49. The van der Waals surface area contributed by atoms with Crippen molar-refractivity contribution in [2.75, 3.05) is 23.8 Å². The first kappa shape index (κ1) is 31.7. The molecule has 1 saturated heterocycles. The third kappa shape index (κ3) is 5.86. The number of anilines is 2. The number of aliphatic hydroxyl groups excluding tert-OH is 1. The number of aromatic nitrogens is 1. The molecule has 11 heteroatoms. The molecule has 4 N–H and O–H groups in total. The second-order valence-corrected chi connectivity index (χ2v) is 16.6. The van der Waals surface area contributed by atoms with Gasteiger partial charge < -0.3 is 34.5 Å². The molecule has 46 heavy (non-hydrogen) atoms. The molecule has 0 unspecified atom stereocenters. The third-order valence-corrected chi connectivity index (χ3v) is 11.8. The first-order valence-electron chi connectivity index (χ1n) is 15.6. The number of H-pyrrole nitrogens is 1. The van der Waals surface area contributed by atoms with Crippen molar-refractivity contribution >= 4 is 48.4 Å². The van der Waals surface area contributed by atoms with Gasteiger partial charge in [-0.25, -0.2) is 0 Å². The fourth-order valence-electron chi connectivity index (χ4n) is 7.32. The van der Waals surface area contributed by atoms with Crippen molar-refractivity contribution in [1.29, 1.82) is 0 Å². The van der Waals surface area contributed by atoms with Crippen molar-refractivity contribution in [3.05, 3.63) is 95.7 Å². The zero-order chi connectivity index (χ0) is 32.6. The van der Waals surface area contributed by atoms with Crippen LogP contribution in [0.2, 0.25) is 18.6 Å². The van der Waals surface area contributed by atoms with Gasteiger partial charge in [-0.1, -0.05) is 55.5 Å².